The van der Waals surface area contributed by atoms with Crippen LogP contribution < -0.4 is 11.1 Å². The summed E-state index contributed by atoms with van der Waals surface area (Å²) in [4.78, 5) is 24.8. The van der Waals surface area contributed by atoms with Crippen molar-refractivity contribution < 1.29 is 9.59 Å². The topological polar surface area (TPSA) is 75.4 Å². The molecule has 1 unspecified atom stereocenters. The number of carbonyl (C=O) groups is 2. The maximum absolute atomic E-state index is 12.0. The molecule has 1 heterocycles. The van der Waals surface area contributed by atoms with Crippen LogP contribution in [0.1, 0.15) is 26.7 Å². The molecule has 3 N–H and O–H groups in total. The summed E-state index contributed by atoms with van der Waals surface area (Å²) >= 11 is 0. The van der Waals surface area contributed by atoms with Crippen LogP contribution in [0.5, 0.6) is 0 Å². The van der Waals surface area contributed by atoms with Gasteiger partial charge in [-0.2, -0.15) is 0 Å². The Bertz CT molecular complexity index is 279. The molecule has 0 bridgehead atoms. The van der Waals surface area contributed by atoms with E-state index in [1.807, 2.05) is 0 Å². The van der Waals surface area contributed by atoms with Crippen molar-refractivity contribution in [2.75, 3.05) is 26.2 Å². The lowest BCUT2D eigenvalue weighted by atomic mass is 9.93. The molecule has 1 saturated heterocycles. The third-order valence-electron chi connectivity index (χ3n) is 2.99. The van der Waals surface area contributed by atoms with Gasteiger partial charge < -0.3 is 16.0 Å². The molecule has 0 aliphatic carbocycles. The quantitative estimate of drug-likeness (QED) is 0.709. The first-order chi connectivity index (χ1) is 8.02. The molecule has 0 saturated carbocycles. The van der Waals surface area contributed by atoms with Gasteiger partial charge in [-0.25, -0.2) is 0 Å². The number of rotatable bonds is 5. The van der Waals surface area contributed by atoms with Gasteiger partial charge in [0.25, 0.3) is 0 Å². The number of nitrogens with zero attached hydrogens (tertiary/aromatic N) is 1. The molecule has 1 aliphatic heterocycles. The summed E-state index contributed by atoms with van der Waals surface area (Å²) in [5.41, 5.74) is 5.68. The third-order valence-corrected chi connectivity index (χ3v) is 2.99. The highest BCUT2D eigenvalue weighted by Gasteiger charge is 2.23. The zero-order valence-corrected chi connectivity index (χ0v) is 10.7. The second-order valence-electron chi connectivity index (χ2n) is 5.10. The van der Waals surface area contributed by atoms with Gasteiger partial charge >= 0.3 is 0 Å². The smallest absolute Gasteiger partial charge is 0.239 e. The van der Waals surface area contributed by atoms with Crippen LogP contribution in [0.15, 0.2) is 0 Å². The van der Waals surface area contributed by atoms with E-state index in [2.05, 4.69) is 19.2 Å². The van der Waals surface area contributed by atoms with Crippen molar-refractivity contribution in [2.45, 2.75) is 26.7 Å². The van der Waals surface area contributed by atoms with Gasteiger partial charge in [0, 0.05) is 19.5 Å². The lowest BCUT2D eigenvalue weighted by molar-refractivity contribution is -0.139. The third kappa shape index (κ3) is 4.73. The predicted octanol–water partition coefficient (Wildman–Crippen LogP) is -0.0441. The van der Waals surface area contributed by atoms with Crippen LogP contribution in [0.4, 0.5) is 0 Å². The van der Waals surface area contributed by atoms with Gasteiger partial charge in [0.15, 0.2) is 0 Å². The summed E-state index contributed by atoms with van der Waals surface area (Å²) in [6.07, 6.45) is 1.42. The van der Waals surface area contributed by atoms with Crippen molar-refractivity contribution in [2.24, 2.45) is 17.6 Å². The molecule has 1 fully saturated rings. The summed E-state index contributed by atoms with van der Waals surface area (Å²) in [5, 5.41) is 2.71. The molecule has 1 atom stereocenters. The number of nitrogens with one attached hydrogen (secondary N) is 1. The highest BCUT2D eigenvalue weighted by atomic mass is 16.2. The number of amides is 2. The van der Waals surface area contributed by atoms with Gasteiger partial charge in [-0.15, -0.1) is 0 Å². The van der Waals surface area contributed by atoms with Crippen LogP contribution >= 0.6 is 0 Å². The fourth-order valence-corrected chi connectivity index (χ4v) is 2.16. The van der Waals surface area contributed by atoms with E-state index in [1.165, 1.54) is 0 Å². The first kappa shape index (κ1) is 14.0. The molecule has 0 aromatic heterocycles. The normalized spacial score (nSPS) is 18.1. The van der Waals surface area contributed by atoms with E-state index >= 15 is 0 Å². The Kier molecular flexibility index (Phi) is 5.41. The van der Waals surface area contributed by atoms with Crippen molar-refractivity contribution in [3.05, 3.63) is 0 Å². The molecule has 0 spiro atoms. The molecule has 0 radical (unpaired) electrons. The van der Waals surface area contributed by atoms with Crippen LogP contribution in [0.3, 0.4) is 0 Å². The summed E-state index contributed by atoms with van der Waals surface area (Å²) < 4.78 is 0. The molecule has 1 rings (SSSR count). The van der Waals surface area contributed by atoms with Crippen molar-refractivity contribution in [3.63, 3.8) is 0 Å². The molecule has 98 valence electrons. The predicted molar refractivity (Wildman–Crippen MR) is 66.2 cm³/mol. The standard InChI is InChI=1S/C12H23N3O2/c1-9(2)5-10(7-13)6-12(17)15-4-3-14-11(16)8-15/h9-10H,3-8,13H2,1-2H3,(H,14,16). The number of nitrogens with two attached hydrogens (primary N) is 1. The molecule has 0 aromatic rings. The van der Waals surface area contributed by atoms with Crippen molar-refractivity contribution >= 4 is 11.8 Å². The van der Waals surface area contributed by atoms with Crippen molar-refractivity contribution in [3.8, 4) is 0 Å². The number of carbonyl (C=O) groups excluding carboxylic acids is 2. The van der Waals surface area contributed by atoms with Crippen LogP contribution in [-0.2, 0) is 9.59 Å². The van der Waals surface area contributed by atoms with E-state index in [9.17, 15) is 9.59 Å². The molecule has 2 amide bonds. The van der Waals surface area contributed by atoms with E-state index in [0.717, 1.165) is 6.42 Å². The van der Waals surface area contributed by atoms with Crippen LogP contribution in [0.25, 0.3) is 0 Å². The SMILES string of the molecule is CC(C)CC(CN)CC(=O)N1CCNC(=O)C1. The lowest BCUT2D eigenvalue weighted by Gasteiger charge is -2.28. The fraction of sp³-hybridized carbons (Fsp3) is 0.833. The van der Waals surface area contributed by atoms with Crippen molar-refractivity contribution in [1.82, 2.24) is 10.2 Å². The molecule has 0 aromatic carbocycles. The van der Waals surface area contributed by atoms with E-state index < -0.39 is 0 Å². The Morgan fingerprint density at radius 3 is 2.76 bits per heavy atom. The summed E-state index contributed by atoms with van der Waals surface area (Å²) in [7, 11) is 0. The minimum Gasteiger partial charge on any atom is -0.353 e. The zero-order valence-electron chi connectivity index (χ0n) is 10.7. The van der Waals surface area contributed by atoms with E-state index in [0.29, 0.717) is 32.0 Å². The van der Waals surface area contributed by atoms with E-state index in [1.54, 1.807) is 4.90 Å². The highest BCUT2D eigenvalue weighted by molar-refractivity contribution is 5.85. The Balaban J connectivity index is 2.43. The first-order valence-electron chi connectivity index (χ1n) is 6.27. The van der Waals surface area contributed by atoms with E-state index in [4.69, 9.17) is 5.73 Å². The monoisotopic (exact) mass is 241 g/mol. The first-order valence-corrected chi connectivity index (χ1v) is 6.27. The maximum atomic E-state index is 12.0. The summed E-state index contributed by atoms with van der Waals surface area (Å²) in [5.74, 6) is 0.752. The Hall–Kier alpha value is -1.10. The number of hydrogen-bond donors (Lipinski definition) is 2. The van der Waals surface area contributed by atoms with E-state index in [-0.39, 0.29) is 24.3 Å². The minimum absolute atomic E-state index is 0.0518. The van der Waals surface area contributed by atoms with Crippen LogP contribution in [0.2, 0.25) is 0 Å². The lowest BCUT2D eigenvalue weighted by Crippen LogP contribution is -2.50. The number of hydrogen-bond acceptors (Lipinski definition) is 3. The average molecular weight is 241 g/mol. The van der Waals surface area contributed by atoms with Gasteiger partial charge in [-0.3, -0.25) is 9.59 Å². The van der Waals surface area contributed by atoms with Gasteiger partial charge in [-0.1, -0.05) is 13.8 Å². The van der Waals surface area contributed by atoms with Crippen LogP contribution in [0, 0.1) is 11.8 Å². The van der Waals surface area contributed by atoms with Gasteiger partial charge in [0.1, 0.15) is 0 Å². The average Bonchev–Trinajstić information content (AvgIpc) is 2.27. The fourth-order valence-electron chi connectivity index (χ4n) is 2.16. The summed E-state index contributed by atoms with van der Waals surface area (Å²) in [6, 6.07) is 0. The van der Waals surface area contributed by atoms with Gasteiger partial charge in [0.05, 0.1) is 6.54 Å². The molecular weight excluding hydrogens is 218 g/mol. The molecule has 5 heteroatoms. The second-order valence-corrected chi connectivity index (χ2v) is 5.10. The Morgan fingerprint density at radius 1 is 1.53 bits per heavy atom. The second kappa shape index (κ2) is 6.59. The zero-order chi connectivity index (χ0) is 12.8. The van der Waals surface area contributed by atoms with Gasteiger partial charge in [-0.05, 0) is 24.8 Å². The van der Waals surface area contributed by atoms with Crippen LogP contribution in [-0.4, -0.2) is 42.9 Å². The Labute approximate surface area is 103 Å². The maximum Gasteiger partial charge on any atom is 0.239 e. The number of piperazine rings is 1. The molecule has 5 nitrogen and oxygen atoms in total. The minimum atomic E-state index is -0.0715. The Morgan fingerprint density at radius 2 is 2.24 bits per heavy atom. The molecule has 1 aliphatic rings. The largest absolute Gasteiger partial charge is 0.353 e. The summed E-state index contributed by atoms with van der Waals surface area (Å²) in [6.45, 7) is 6.15. The van der Waals surface area contributed by atoms with Crippen molar-refractivity contribution in [1.29, 1.82) is 0 Å². The molecular formula is C12H23N3O2. The highest BCUT2D eigenvalue weighted by Crippen LogP contribution is 2.15. The molecule has 17 heavy (non-hydrogen) atoms. The van der Waals surface area contributed by atoms with Gasteiger partial charge in [0.2, 0.25) is 11.8 Å².